The first-order chi connectivity index (χ1) is 11.4. The maximum Gasteiger partial charge on any atom is 0.297 e. The Morgan fingerprint density at radius 2 is 1.83 bits per heavy atom. The van der Waals surface area contributed by atoms with E-state index in [1.807, 2.05) is 6.92 Å². The Kier molecular flexibility index (Phi) is 5.21. The molecule has 2 saturated heterocycles. The molecule has 4 atom stereocenters. The molecule has 2 N–H and O–H groups in total. The largest absolute Gasteiger partial charge is 0.394 e. The van der Waals surface area contributed by atoms with Gasteiger partial charge in [-0.1, -0.05) is 17.7 Å². The van der Waals surface area contributed by atoms with Crippen LogP contribution in [-0.4, -0.2) is 69.2 Å². The topological polar surface area (TPSA) is 112 Å². The van der Waals surface area contributed by atoms with Crippen molar-refractivity contribution in [3.8, 4) is 0 Å². The standard InChI is InChI=1S/C15H20O8S/c1-9-2-4-10(5-3-9)24(18,19)23-13-12(17)11(8-16)22-14(13)15-20-6-7-21-15/h2-5,11-17H,6-8H2,1H3/t11-,12+,13-,14+/m0/s1. The molecule has 2 fully saturated rings. The molecule has 3 rings (SSSR count). The van der Waals surface area contributed by atoms with E-state index >= 15 is 0 Å². The summed E-state index contributed by atoms with van der Waals surface area (Å²) < 4.78 is 46.3. The summed E-state index contributed by atoms with van der Waals surface area (Å²) in [6.07, 6.45) is -5.35. The monoisotopic (exact) mass is 360 g/mol. The molecule has 134 valence electrons. The second-order valence-electron chi connectivity index (χ2n) is 5.75. The van der Waals surface area contributed by atoms with Crippen molar-refractivity contribution < 1.29 is 37.0 Å². The molecule has 2 aliphatic rings. The van der Waals surface area contributed by atoms with E-state index in [0.29, 0.717) is 13.2 Å². The van der Waals surface area contributed by atoms with Crippen molar-refractivity contribution in [3.63, 3.8) is 0 Å². The number of aliphatic hydroxyl groups is 2. The van der Waals surface area contributed by atoms with Crippen LogP contribution in [0.25, 0.3) is 0 Å². The molecular formula is C15H20O8S. The van der Waals surface area contributed by atoms with Crippen LogP contribution in [0.4, 0.5) is 0 Å². The number of ether oxygens (including phenoxy) is 3. The van der Waals surface area contributed by atoms with Crippen LogP contribution in [0.2, 0.25) is 0 Å². The molecular weight excluding hydrogens is 340 g/mol. The SMILES string of the molecule is Cc1ccc(S(=O)(=O)O[C@H]2[C@H](O)[C@H](CO)O[C@H]2C2OCCO2)cc1. The summed E-state index contributed by atoms with van der Waals surface area (Å²) in [7, 11) is -4.12. The predicted molar refractivity (Wildman–Crippen MR) is 80.7 cm³/mol. The molecule has 24 heavy (non-hydrogen) atoms. The predicted octanol–water partition coefficient (Wildman–Crippen LogP) is -0.438. The third-order valence-electron chi connectivity index (χ3n) is 4.02. The van der Waals surface area contributed by atoms with Gasteiger partial charge in [-0.3, -0.25) is 4.18 Å². The summed E-state index contributed by atoms with van der Waals surface area (Å²) in [4.78, 5) is -0.0280. The van der Waals surface area contributed by atoms with Crippen molar-refractivity contribution in [3.05, 3.63) is 29.8 Å². The summed E-state index contributed by atoms with van der Waals surface area (Å²) in [5.41, 5.74) is 0.907. The second-order valence-corrected chi connectivity index (χ2v) is 7.32. The highest BCUT2D eigenvalue weighted by Gasteiger charge is 2.51. The van der Waals surface area contributed by atoms with E-state index in [9.17, 15) is 18.6 Å². The van der Waals surface area contributed by atoms with Crippen molar-refractivity contribution in [2.75, 3.05) is 19.8 Å². The van der Waals surface area contributed by atoms with E-state index in [-0.39, 0.29) is 4.90 Å². The number of rotatable bonds is 5. The van der Waals surface area contributed by atoms with Crippen LogP contribution in [-0.2, 0) is 28.5 Å². The molecule has 1 aromatic carbocycles. The zero-order valence-electron chi connectivity index (χ0n) is 13.1. The second kappa shape index (κ2) is 7.04. The van der Waals surface area contributed by atoms with Gasteiger partial charge in [0.15, 0.2) is 6.29 Å². The summed E-state index contributed by atoms with van der Waals surface area (Å²) in [5, 5.41) is 19.5. The average Bonchev–Trinajstić information content (AvgIpc) is 3.17. The van der Waals surface area contributed by atoms with Crippen LogP contribution in [0.1, 0.15) is 5.56 Å². The van der Waals surface area contributed by atoms with E-state index in [2.05, 4.69) is 0 Å². The lowest BCUT2D eigenvalue weighted by Gasteiger charge is -2.23. The molecule has 0 bridgehead atoms. The van der Waals surface area contributed by atoms with E-state index in [0.717, 1.165) is 5.56 Å². The van der Waals surface area contributed by atoms with Crippen molar-refractivity contribution >= 4 is 10.1 Å². The zero-order valence-corrected chi connectivity index (χ0v) is 13.9. The fourth-order valence-corrected chi connectivity index (χ4v) is 3.82. The molecule has 2 heterocycles. The zero-order chi connectivity index (χ0) is 17.3. The molecule has 2 aliphatic heterocycles. The normalized spacial score (nSPS) is 31.6. The fourth-order valence-electron chi connectivity index (χ4n) is 2.72. The Labute approximate surface area is 140 Å². The number of aliphatic hydroxyl groups excluding tert-OH is 2. The van der Waals surface area contributed by atoms with E-state index in [1.165, 1.54) is 12.1 Å². The van der Waals surface area contributed by atoms with Gasteiger partial charge < -0.3 is 24.4 Å². The van der Waals surface area contributed by atoms with Crippen molar-refractivity contribution in [1.82, 2.24) is 0 Å². The van der Waals surface area contributed by atoms with Gasteiger partial charge >= 0.3 is 0 Å². The third-order valence-corrected chi connectivity index (χ3v) is 5.34. The lowest BCUT2D eigenvalue weighted by atomic mass is 10.1. The highest BCUT2D eigenvalue weighted by atomic mass is 32.2. The molecule has 0 amide bonds. The maximum atomic E-state index is 12.5. The van der Waals surface area contributed by atoms with Gasteiger partial charge in [0.25, 0.3) is 10.1 Å². The summed E-state index contributed by atoms with van der Waals surface area (Å²) >= 11 is 0. The van der Waals surface area contributed by atoms with Gasteiger partial charge in [-0.05, 0) is 19.1 Å². The van der Waals surface area contributed by atoms with Gasteiger partial charge in [-0.2, -0.15) is 8.42 Å². The smallest absolute Gasteiger partial charge is 0.297 e. The molecule has 9 heteroatoms. The fraction of sp³-hybridized carbons (Fsp3) is 0.600. The lowest BCUT2D eigenvalue weighted by molar-refractivity contribution is -0.157. The van der Waals surface area contributed by atoms with Crippen LogP contribution in [0.15, 0.2) is 29.2 Å². The Hall–Kier alpha value is -1.07. The van der Waals surface area contributed by atoms with Crippen LogP contribution in [0, 0.1) is 6.92 Å². The molecule has 8 nitrogen and oxygen atoms in total. The molecule has 1 aromatic rings. The highest BCUT2D eigenvalue weighted by Crippen LogP contribution is 2.31. The van der Waals surface area contributed by atoms with Gasteiger partial charge in [0.05, 0.1) is 24.7 Å². The summed E-state index contributed by atoms with van der Waals surface area (Å²) in [6, 6.07) is 6.14. The first-order valence-corrected chi connectivity index (χ1v) is 9.01. The number of hydrogen-bond acceptors (Lipinski definition) is 8. The quantitative estimate of drug-likeness (QED) is 0.680. The highest BCUT2D eigenvalue weighted by molar-refractivity contribution is 7.86. The molecule has 0 aliphatic carbocycles. The Balaban J connectivity index is 1.82. The Morgan fingerprint density at radius 1 is 1.21 bits per heavy atom. The first-order valence-electron chi connectivity index (χ1n) is 7.60. The van der Waals surface area contributed by atoms with Crippen LogP contribution in [0.3, 0.4) is 0 Å². The first kappa shape index (κ1) is 17.7. The summed E-state index contributed by atoms with van der Waals surface area (Å²) in [5.74, 6) is 0. The Bertz CT molecular complexity index is 653. The number of hydrogen-bond donors (Lipinski definition) is 2. The number of benzene rings is 1. The van der Waals surface area contributed by atoms with Gasteiger partial charge in [0, 0.05) is 0 Å². The minimum Gasteiger partial charge on any atom is -0.394 e. The third kappa shape index (κ3) is 3.47. The molecule has 0 radical (unpaired) electrons. The molecule has 0 aromatic heterocycles. The molecule has 0 spiro atoms. The minimum absolute atomic E-state index is 0.0280. The van der Waals surface area contributed by atoms with Crippen LogP contribution >= 0.6 is 0 Å². The Morgan fingerprint density at radius 3 is 2.42 bits per heavy atom. The van der Waals surface area contributed by atoms with Gasteiger partial charge in [0.1, 0.15) is 24.4 Å². The number of aryl methyl sites for hydroxylation is 1. The van der Waals surface area contributed by atoms with Crippen LogP contribution < -0.4 is 0 Å². The molecule has 0 unspecified atom stereocenters. The minimum atomic E-state index is -4.12. The van der Waals surface area contributed by atoms with Gasteiger partial charge in [-0.15, -0.1) is 0 Å². The van der Waals surface area contributed by atoms with Gasteiger partial charge in [-0.25, -0.2) is 0 Å². The van der Waals surface area contributed by atoms with Crippen molar-refractivity contribution in [2.45, 2.75) is 42.5 Å². The van der Waals surface area contributed by atoms with Gasteiger partial charge in [0.2, 0.25) is 0 Å². The van der Waals surface area contributed by atoms with E-state index in [1.54, 1.807) is 12.1 Å². The van der Waals surface area contributed by atoms with E-state index < -0.39 is 47.4 Å². The van der Waals surface area contributed by atoms with Crippen molar-refractivity contribution in [1.29, 1.82) is 0 Å². The maximum absolute atomic E-state index is 12.5. The molecule has 0 saturated carbocycles. The van der Waals surface area contributed by atoms with Crippen molar-refractivity contribution in [2.24, 2.45) is 0 Å². The summed E-state index contributed by atoms with van der Waals surface area (Å²) in [6.45, 7) is 2.03. The lowest BCUT2D eigenvalue weighted by Crippen LogP contribution is -2.42. The van der Waals surface area contributed by atoms with E-state index in [4.69, 9.17) is 18.4 Å². The van der Waals surface area contributed by atoms with Crippen LogP contribution in [0.5, 0.6) is 0 Å². The average molecular weight is 360 g/mol.